The van der Waals surface area contributed by atoms with Crippen LogP contribution in [0.15, 0.2) is 12.5 Å². The number of carboxylic acid groups (broad SMARTS) is 1. The second kappa shape index (κ2) is 13.2. The minimum absolute atomic E-state index is 0.00789. The molecule has 0 spiro atoms. The zero-order chi connectivity index (χ0) is 23.4. The van der Waals surface area contributed by atoms with E-state index in [1.807, 2.05) is 0 Å². The summed E-state index contributed by atoms with van der Waals surface area (Å²) < 4.78 is 0. The van der Waals surface area contributed by atoms with Crippen molar-refractivity contribution in [3.05, 3.63) is 18.2 Å². The fraction of sp³-hybridized carbons (Fsp3) is 0.529. The van der Waals surface area contributed by atoms with Crippen molar-refractivity contribution in [3.8, 4) is 0 Å². The molecule has 3 atom stereocenters. The van der Waals surface area contributed by atoms with Crippen molar-refractivity contribution in [1.29, 1.82) is 0 Å². The molecule has 31 heavy (non-hydrogen) atoms. The van der Waals surface area contributed by atoms with Crippen molar-refractivity contribution >= 4 is 41.4 Å². The summed E-state index contributed by atoms with van der Waals surface area (Å²) in [4.78, 5) is 66.5. The number of aromatic amines is 1. The summed E-state index contributed by atoms with van der Waals surface area (Å²) in [6.45, 7) is -0.367. The molecule has 0 aliphatic rings. The first-order chi connectivity index (χ1) is 14.7. The van der Waals surface area contributed by atoms with E-state index in [1.54, 1.807) is 6.26 Å². The maximum atomic E-state index is 12.8. The minimum Gasteiger partial charge on any atom is -0.480 e. The van der Waals surface area contributed by atoms with Crippen LogP contribution < -0.4 is 27.4 Å². The number of aromatic nitrogens is 2. The summed E-state index contributed by atoms with van der Waals surface area (Å²) >= 11 is 1.40. The van der Waals surface area contributed by atoms with E-state index in [1.165, 1.54) is 24.3 Å². The highest BCUT2D eigenvalue weighted by Crippen LogP contribution is 2.04. The topological polar surface area (TPSA) is 222 Å². The van der Waals surface area contributed by atoms with Crippen LogP contribution in [0.4, 0.5) is 0 Å². The molecule has 0 aliphatic heterocycles. The van der Waals surface area contributed by atoms with E-state index < -0.39 is 54.1 Å². The molecule has 0 saturated carbocycles. The van der Waals surface area contributed by atoms with Gasteiger partial charge in [-0.2, -0.15) is 11.8 Å². The predicted octanol–water partition coefficient (Wildman–Crippen LogP) is -2.92. The smallest absolute Gasteiger partial charge is 0.326 e. The largest absolute Gasteiger partial charge is 0.480 e. The zero-order valence-electron chi connectivity index (χ0n) is 16.9. The lowest BCUT2D eigenvalue weighted by Gasteiger charge is -2.23. The maximum Gasteiger partial charge on any atom is 0.326 e. The normalized spacial score (nSPS) is 13.5. The number of thioether (sulfide) groups is 1. The molecular formula is C17H27N7O6S. The number of primary amides is 1. The van der Waals surface area contributed by atoms with Gasteiger partial charge in [-0.1, -0.05) is 0 Å². The van der Waals surface area contributed by atoms with Gasteiger partial charge in [0.2, 0.25) is 23.6 Å². The lowest BCUT2D eigenvalue weighted by atomic mass is 10.1. The van der Waals surface area contributed by atoms with Crippen LogP contribution in [0, 0.1) is 0 Å². The molecule has 0 fully saturated rings. The van der Waals surface area contributed by atoms with Gasteiger partial charge in [-0.3, -0.25) is 19.2 Å². The van der Waals surface area contributed by atoms with E-state index in [4.69, 9.17) is 11.5 Å². The molecule has 1 heterocycles. The Morgan fingerprint density at radius 1 is 1.13 bits per heavy atom. The number of nitrogens with zero attached hydrogens (tertiary/aromatic N) is 1. The molecular weight excluding hydrogens is 430 g/mol. The number of hydrogen-bond acceptors (Lipinski definition) is 8. The summed E-state index contributed by atoms with van der Waals surface area (Å²) in [5.74, 6) is -3.94. The molecule has 3 unspecified atom stereocenters. The third-order valence-electron chi connectivity index (χ3n) is 4.08. The molecule has 1 aromatic rings. The van der Waals surface area contributed by atoms with Gasteiger partial charge in [0.05, 0.1) is 19.3 Å². The number of amides is 4. The van der Waals surface area contributed by atoms with Crippen molar-refractivity contribution < 1.29 is 29.1 Å². The first kappa shape index (κ1) is 25.9. The third-order valence-corrected chi connectivity index (χ3v) is 4.72. The lowest BCUT2D eigenvalue weighted by molar-refractivity contribution is -0.142. The highest BCUT2D eigenvalue weighted by atomic mass is 32.2. The molecule has 13 nitrogen and oxygen atoms in total. The highest BCUT2D eigenvalue weighted by Gasteiger charge is 2.30. The first-order valence-electron chi connectivity index (χ1n) is 9.25. The number of carbonyl (C=O) groups is 5. The molecule has 1 rings (SSSR count). The molecule has 14 heteroatoms. The zero-order valence-corrected chi connectivity index (χ0v) is 17.7. The summed E-state index contributed by atoms with van der Waals surface area (Å²) in [5, 5.41) is 16.4. The van der Waals surface area contributed by atoms with Crippen LogP contribution in [0.3, 0.4) is 0 Å². The van der Waals surface area contributed by atoms with Crippen LogP contribution in [0.2, 0.25) is 0 Å². The molecule has 0 aliphatic carbocycles. The van der Waals surface area contributed by atoms with Crippen LogP contribution in [0.5, 0.6) is 0 Å². The second-order valence-electron chi connectivity index (χ2n) is 6.52. The van der Waals surface area contributed by atoms with E-state index in [9.17, 15) is 29.1 Å². The summed E-state index contributed by atoms with van der Waals surface area (Å²) in [6.07, 6.45) is 4.22. The number of rotatable bonds is 14. The molecule has 0 saturated heterocycles. The number of aliphatic carboxylic acids is 1. The van der Waals surface area contributed by atoms with E-state index in [2.05, 4.69) is 25.9 Å². The van der Waals surface area contributed by atoms with Crippen LogP contribution in [0.1, 0.15) is 18.5 Å². The Kier molecular flexibility index (Phi) is 11.1. The second-order valence-corrected chi connectivity index (χ2v) is 7.50. The number of hydrogen-bond donors (Lipinski definition) is 7. The number of H-pyrrole nitrogens is 1. The lowest BCUT2D eigenvalue weighted by Crippen LogP contribution is -2.57. The Bertz CT molecular complexity index is 773. The van der Waals surface area contributed by atoms with Gasteiger partial charge in [0.1, 0.15) is 18.1 Å². The van der Waals surface area contributed by atoms with Gasteiger partial charge in [-0.25, -0.2) is 9.78 Å². The fourth-order valence-corrected chi connectivity index (χ4v) is 3.00. The van der Waals surface area contributed by atoms with E-state index in [0.29, 0.717) is 11.4 Å². The van der Waals surface area contributed by atoms with Gasteiger partial charge < -0.3 is 37.5 Å². The Morgan fingerprint density at radius 3 is 2.29 bits per heavy atom. The Balaban J connectivity index is 2.95. The molecule has 0 bridgehead atoms. The van der Waals surface area contributed by atoms with Crippen molar-refractivity contribution in [3.63, 3.8) is 0 Å². The van der Waals surface area contributed by atoms with E-state index in [-0.39, 0.29) is 19.4 Å². The van der Waals surface area contributed by atoms with Crippen LogP contribution in [-0.2, 0) is 30.4 Å². The average molecular weight is 458 g/mol. The van der Waals surface area contributed by atoms with Crippen molar-refractivity contribution in [2.24, 2.45) is 11.5 Å². The standard InChI is InChI=1S/C17H27N7O6S/c1-31-3-2-10(17(29)30)23-16(28)12(5-13(19)25)24-15(27)11(22-14(26)6-18)4-9-7-20-8-21-9/h7-8,10-12H,2-6,18H2,1H3,(H2,19,25)(H,20,21)(H,22,26)(H,23,28)(H,24,27)(H,29,30). The number of nitrogens with two attached hydrogens (primary N) is 2. The first-order valence-corrected chi connectivity index (χ1v) is 10.6. The van der Waals surface area contributed by atoms with Gasteiger partial charge in [-0.05, 0) is 18.4 Å². The van der Waals surface area contributed by atoms with Crippen molar-refractivity contribution in [2.75, 3.05) is 18.6 Å². The molecule has 1 aromatic heterocycles. The Labute approximate surface area is 182 Å². The van der Waals surface area contributed by atoms with Crippen LogP contribution >= 0.6 is 11.8 Å². The van der Waals surface area contributed by atoms with Gasteiger partial charge in [-0.15, -0.1) is 0 Å². The number of nitrogens with one attached hydrogen (secondary N) is 4. The van der Waals surface area contributed by atoms with Gasteiger partial charge in [0.15, 0.2) is 0 Å². The number of carboxylic acids is 1. The molecule has 172 valence electrons. The summed E-state index contributed by atoms with van der Waals surface area (Å²) in [6, 6.07) is -3.77. The Hall–Kier alpha value is -3.13. The quantitative estimate of drug-likeness (QED) is 0.152. The van der Waals surface area contributed by atoms with Crippen molar-refractivity contribution in [2.45, 2.75) is 37.4 Å². The molecule has 9 N–H and O–H groups in total. The number of carbonyl (C=O) groups excluding carboxylic acids is 4. The monoisotopic (exact) mass is 457 g/mol. The molecule has 0 aromatic carbocycles. The van der Waals surface area contributed by atoms with Gasteiger partial charge in [0.25, 0.3) is 0 Å². The third kappa shape index (κ3) is 9.48. The average Bonchev–Trinajstić information content (AvgIpc) is 3.22. The highest BCUT2D eigenvalue weighted by molar-refractivity contribution is 7.98. The van der Waals surface area contributed by atoms with Gasteiger partial charge in [0, 0.05) is 18.3 Å². The van der Waals surface area contributed by atoms with E-state index >= 15 is 0 Å². The summed E-state index contributed by atoms with van der Waals surface area (Å²) in [7, 11) is 0. The predicted molar refractivity (Wildman–Crippen MR) is 112 cm³/mol. The van der Waals surface area contributed by atoms with E-state index in [0.717, 1.165) is 0 Å². The SMILES string of the molecule is CSCCC(NC(=O)C(CC(N)=O)NC(=O)C(Cc1cnc[nH]1)NC(=O)CN)C(=O)O. The van der Waals surface area contributed by atoms with Gasteiger partial charge >= 0.3 is 5.97 Å². The minimum atomic E-state index is -1.43. The fourth-order valence-electron chi connectivity index (χ4n) is 2.53. The maximum absolute atomic E-state index is 12.8. The summed E-state index contributed by atoms with van der Waals surface area (Å²) in [5.41, 5.74) is 11.0. The van der Waals surface area contributed by atoms with Crippen LogP contribution in [-0.4, -0.2) is 81.4 Å². The Morgan fingerprint density at radius 2 is 1.77 bits per heavy atom. The number of imidazole rings is 1. The molecule has 4 amide bonds. The van der Waals surface area contributed by atoms with Crippen molar-refractivity contribution in [1.82, 2.24) is 25.9 Å². The molecule has 0 radical (unpaired) electrons. The van der Waals surface area contributed by atoms with Crippen LogP contribution in [0.25, 0.3) is 0 Å².